The number of esters is 1. The maximum Gasteiger partial charge on any atom is 0.340 e. The van der Waals surface area contributed by atoms with Gasteiger partial charge in [0.25, 0.3) is 5.91 Å². The molecule has 2 N–H and O–H groups in total. The van der Waals surface area contributed by atoms with Crippen molar-refractivity contribution in [1.82, 2.24) is 15.2 Å². The van der Waals surface area contributed by atoms with Crippen LogP contribution in [0, 0.1) is 19.8 Å². The van der Waals surface area contributed by atoms with Crippen molar-refractivity contribution in [2.45, 2.75) is 66.0 Å². The Hall–Kier alpha value is -3.09. The first-order valence-corrected chi connectivity index (χ1v) is 11.7. The number of benzene rings is 1. The first-order valence-electron chi connectivity index (χ1n) is 11.7. The Bertz CT molecular complexity index is 988. The molecule has 3 rings (SSSR count). The van der Waals surface area contributed by atoms with Crippen LogP contribution < -0.4 is 5.32 Å². The summed E-state index contributed by atoms with van der Waals surface area (Å²) < 4.78 is 5.32. The van der Waals surface area contributed by atoms with Crippen LogP contribution in [0.15, 0.2) is 30.3 Å². The fourth-order valence-electron chi connectivity index (χ4n) is 4.43. The van der Waals surface area contributed by atoms with Gasteiger partial charge in [0.15, 0.2) is 0 Å². The van der Waals surface area contributed by atoms with E-state index in [2.05, 4.69) is 10.3 Å². The smallest absolute Gasteiger partial charge is 0.340 e. The largest absolute Gasteiger partial charge is 0.459 e. The standard InChI is InChI=1S/C26H35N3O4/c1-16(2)33-26(32)23-17(3)24(28-19(23)5)25(31)29-13-11-20(12-14-29)15-22(30)27-18(4)21-9-7-6-8-10-21/h6-10,16,18,20,28H,11-15H2,1-5H3,(H,27,30)/t18-/m0/s1. The van der Waals surface area contributed by atoms with Crippen molar-refractivity contribution < 1.29 is 19.1 Å². The molecular weight excluding hydrogens is 418 g/mol. The molecule has 1 saturated heterocycles. The Morgan fingerprint density at radius 2 is 1.73 bits per heavy atom. The molecule has 178 valence electrons. The lowest BCUT2D eigenvalue weighted by atomic mass is 9.92. The number of rotatable bonds is 7. The van der Waals surface area contributed by atoms with E-state index in [0.717, 1.165) is 18.4 Å². The minimum Gasteiger partial charge on any atom is -0.459 e. The Labute approximate surface area is 195 Å². The van der Waals surface area contributed by atoms with Gasteiger partial charge in [0, 0.05) is 25.2 Å². The highest BCUT2D eigenvalue weighted by Crippen LogP contribution is 2.25. The summed E-state index contributed by atoms with van der Waals surface area (Å²) in [5.41, 5.74) is 3.22. The third-order valence-corrected chi connectivity index (χ3v) is 6.25. The summed E-state index contributed by atoms with van der Waals surface area (Å²) in [6, 6.07) is 9.88. The third-order valence-electron chi connectivity index (χ3n) is 6.25. The highest BCUT2D eigenvalue weighted by molar-refractivity contribution is 6.00. The first kappa shape index (κ1) is 24.6. The van der Waals surface area contributed by atoms with Crippen molar-refractivity contribution in [3.05, 3.63) is 58.4 Å². The molecule has 0 spiro atoms. The summed E-state index contributed by atoms with van der Waals surface area (Å²) in [7, 11) is 0. The number of carbonyl (C=O) groups excluding carboxylic acids is 3. The summed E-state index contributed by atoms with van der Waals surface area (Å²) in [4.78, 5) is 42.9. The zero-order valence-corrected chi connectivity index (χ0v) is 20.2. The second-order valence-corrected chi connectivity index (χ2v) is 9.22. The lowest BCUT2D eigenvalue weighted by Crippen LogP contribution is -2.40. The molecule has 1 atom stereocenters. The van der Waals surface area contributed by atoms with E-state index in [1.165, 1.54) is 0 Å². The number of nitrogens with one attached hydrogen (secondary N) is 2. The number of aromatic amines is 1. The fraction of sp³-hybridized carbons (Fsp3) is 0.500. The van der Waals surface area contributed by atoms with Gasteiger partial charge in [0.05, 0.1) is 17.7 Å². The lowest BCUT2D eigenvalue weighted by molar-refractivity contribution is -0.122. The minimum atomic E-state index is -0.412. The number of amides is 2. The molecule has 33 heavy (non-hydrogen) atoms. The molecule has 2 aromatic rings. The van der Waals surface area contributed by atoms with Crippen molar-refractivity contribution in [2.24, 2.45) is 5.92 Å². The van der Waals surface area contributed by atoms with E-state index in [-0.39, 0.29) is 29.9 Å². The zero-order chi connectivity index (χ0) is 24.1. The first-order chi connectivity index (χ1) is 15.7. The molecule has 7 nitrogen and oxygen atoms in total. The molecule has 7 heteroatoms. The van der Waals surface area contributed by atoms with E-state index in [9.17, 15) is 14.4 Å². The van der Waals surface area contributed by atoms with Crippen molar-refractivity contribution >= 4 is 17.8 Å². The van der Waals surface area contributed by atoms with Gasteiger partial charge in [-0.15, -0.1) is 0 Å². The third kappa shape index (κ3) is 6.03. The second kappa shape index (κ2) is 10.7. The topological polar surface area (TPSA) is 91.5 Å². The number of piperidine rings is 1. The molecule has 0 unspecified atom stereocenters. The number of hydrogen-bond acceptors (Lipinski definition) is 4. The maximum atomic E-state index is 13.1. The van der Waals surface area contributed by atoms with Crippen LogP contribution >= 0.6 is 0 Å². The molecule has 1 aromatic heterocycles. The molecule has 0 aliphatic carbocycles. The molecule has 2 heterocycles. The number of ether oxygens (including phenoxy) is 1. The molecule has 0 bridgehead atoms. The van der Waals surface area contributed by atoms with Crippen LogP contribution in [0.1, 0.15) is 83.7 Å². The van der Waals surface area contributed by atoms with Gasteiger partial charge < -0.3 is 19.9 Å². The summed E-state index contributed by atoms with van der Waals surface area (Å²) in [5, 5.41) is 3.08. The molecule has 1 aliphatic rings. The molecule has 2 amide bonds. The van der Waals surface area contributed by atoms with Gasteiger partial charge in [0.1, 0.15) is 5.69 Å². The number of likely N-dealkylation sites (tertiary alicyclic amines) is 1. The van der Waals surface area contributed by atoms with E-state index >= 15 is 0 Å². The molecule has 1 fully saturated rings. The number of H-pyrrole nitrogens is 1. The van der Waals surface area contributed by atoms with Crippen LogP contribution in [-0.2, 0) is 9.53 Å². The second-order valence-electron chi connectivity index (χ2n) is 9.22. The van der Waals surface area contributed by atoms with Crippen molar-refractivity contribution in [3.63, 3.8) is 0 Å². The van der Waals surface area contributed by atoms with Crippen LogP contribution in [0.25, 0.3) is 0 Å². The maximum absolute atomic E-state index is 13.1. The Morgan fingerprint density at radius 1 is 1.09 bits per heavy atom. The van der Waals surface area contributed by atoms with Crippen molar-refractivity contribution in [1.29, 1.82) is 0 Å². The van der Waals surface area contributed by atoms with Crippen LogP contribution in [0.5, 0.6) is 0 Å². The van der Waals surface area contributed by atoms with E-state index < -0.39 is 5.97 Å². The van der Waals surface area contributed by atoms with Gasteiger partial charge in [-0.3, -0.25) is 9.59 Å². The average Bonchev–Trinajstić information content (AvgIpc) is 3.07. The summed E-state index contributed by atoms with van der Waals surface area (Å²) in [6.07, 6.45) is 1.79. The van der Waals surface area contributed by atoms with Gasteiger partial charge in [0.2, 0.25) is 5.91 Å². The van der Waals surface area contributed by atoms with Gasteiger partial charge in [-0.05, 0) is 64.5 Å². The lowest BCUT2D eigenvalue weighted by Gasteiger charge is -2.32. The van der Waals surface area contributed by atoms with E-state index in [1.807, 2.05) is 37.3 Å². The quantitative estimate of drug-likeness (QED) is 0.611. The van der Waals surface area contributed by atoms with E-state index in [4.69, 9.17) is 4.74 Å². The van der Waals surface area contributed by atoms with Crippen LogP contribution in [0.4, 0.5) is 0 Å². The van der Waals surface area contributed by atoms with E-state index in [1.54, 1.807) is 32.6 Å². The van der Waals surface area contributed by atoms with E-state index in [0.29, 0.717) is 42.0 Å². The zero-order valence-electron chi connectivity index (χ0n) is 20.2. The van der Waals surface area contributed by atoms with Gasteiger partial charge >= 0.3 is 5.97 Å². The number of aryl methyl sites for hydroxylation is 1. The van der Waals surface area contributed by atoms with Gasteiger partial charge in [-0.1, -0.05) is 30.3 Å². The van der Waals surface area contributed by atoms with Crippen molar-refractivity contribution in [2.75, 3.05) is 13.1 Å². The Morgan fingerprint density at radius 3 is 2.33 bits per heavy atom. The Kier molecular flexibility index (Phi) is 7.95. The van der Waals surface area contributed by atoms with Crippen LogP contribution in [0.3, 0.4) is 0 Å². The number of nitrogens with zero attached hydrogens (tertiary/aromatic N) is 1. The van der Waals surface area contributed by atoms with Crippen molar-refractivity contribution in [3.8, 4) is 0 Å². The van der Waals surface area contributed by atoms with Crippen LogP contribution in [-0.4, -0.2) is 46.9 Å². The number of aromatic nitrogens is 1. The van der Waals surface area contributed by atoms with Crippen LogP contribution in [0.2, 0.25) is 0 Å². The predicted molar refractivity (Wildman–Crippen MR) is 127 cm³/mol. The fourth-order valence-corrected chi connectivity index (χ4v) is 4.43. The molecule has 1 aromatic carbocycles. The van der Waals surface area contributed by atoms with Gasteiger partial charge in [-0.2, -0.15) is 0 Å². The highest BCUT2D eigenvalue weighted by atomic mass is 16.5. The Balaban J connectivity index is 1.54. The molecule has 1 aliphatic heterocycles. The minimum absolute atomic E-state index is 0.0314. The molecule has 0 saturated carbocycles. The summed E-state index contributed by atoms with van der Waals surface area (Å²) in [5.74, 6) is -0.232. The number of carbonyl (C=O) groups is 3. The SMILES string of the molecule is Cc1[nH]c(C(=O)N2CCC(CC(=O)N[C@@H](C)c3ccccc3)CC2)c(C)c1C(=O)OC(C)C. The summed E-state index contributed by atoms with van der Waals surface area (Å²) in [6.45, 7) is 10.3. The monoisotopic (exact) mass is 453 g/mol. The summed E-state index contributed by atoms with van der Waals surface area (Å²) >= 11 is 0. The molecular formula is C26H35N3O4. The molecule has 0 radical (unpaired) electrons. The van der Waals surface area contributed by atoms with Gasteiger partial charge in [-0.25, -0.2) is 4.79 Å². The predicted octanol–water partition coefficient (Wildman–Crippen LogP) is 4.32. The number of hydrogen-bond donors (Lipinski definition) is 2. The average molecular weight is 454 g/mol. The highest BCUT2D eigenvalue weighted by Gasteiger charge is 2.29. The normalized spacial score (nSPS) is 15.4.